The highest BCUT2D eigenvalue weighted by molar-refractivity contribution is 9.11. The summed E-state index contributed by atoms with van der Waals surface area (Å²) in [5.41, 5.74) is 2.97. The number of allylic oxidation sites excluding steroid dienone is 1. The molecule has 32 heavy (non-hydrogen) atoms. The molecule has 0 bridgehead atoms. The Balaban J connectivity index is 1.69. The smallest absolute Gasteiger partial charge is 0.338 e. The molecule has 166 valence electrons. The van der Waals surface area contributed by atoms with Crippen molar-refractivity contribution in [1.82, 2.24) is 4.90 Å². The fourth-order valence-electron chi connectivity index (χ4n) is 3.54. The number of ether oxygens (including phenoxy) is 2. The van der Waals surface area contributed by atoms with Gasteiger partial charge in [0.1, 0.15) is 12.4 Å². The first kappa shape index (κ1) is 23.4. The van der Waals surface area contributed by atoms with E-state index in [0.717, 1.165) is 25.2 Å². The van der Waals surface area contributed by atoms with Gasteiger partial charge in [0.25, 0.3) is 0 Å². The molecule has 2 aromatic rings. The number of halogens is 3. The molecular formula is C23H19Br2ClN2O3S. The van der Waals surface area contributed by atoms with Gasteiger partial charge in [-0.1, -0.05) is 41.6 Å². The molecule has 0 saturated carbocycles. The highest BCUT2D eigenvalue weighted by atomic mass is 79.9. The van der Waals surface area contributed by atoms with Crippen molar-refractivity contribution in [1.29, 1.82) is 0 Å². The molecule has 2 aliphatic rings. The summed E-state index contributed by atoms with van der Waals surface area (Å²) in [4.78, 5) is 19.4. The van der Waals surface area contributed by atoms with Crippen LogP contribution in [0.3, 0.4) is 0 Å². The third-order valence-electron chi connectivity index (χ3n) is 4.98. The number of fused-ring (bicyclic) bond motifs is 1. The van der Waals surface area contributed by atoms with Crippen molar-refractivity contribution in [3.8, 4) is 5.75 Å². The maximum atomic E-state index is 12.8. The highest BCUT2D eigenvalue weighted by Crippen LogP contribution is 2.44. The van der Waals surface area contributed by atoms with E-state index in [0.29, 0.717) is 35.3 Å². The monoisotopic (exact) mass is 596 g/mol. The van der Waals surface area contributed by atoms with Crippen molar-refractivity contribution in [2.75, 3.05) is 6.61 Å². The van der Waals surface area contributed by atoms with E-state index in [1.807, 2.05) is 59.8 Å². The summed E-state index contributed by atoms with van der Waals surface area (Å²) in [6.45, 7) is 4.26. The number of carbonyl (C=O) groups is 1. The first-order chi connectivity index (χ1) is 15.4. The van der Waals surface area contributed by atoms with Crippen LogP contribution >= 0.6 is 55.2 Å². The van der Waals surface area contributed by atoms with Crippen molar-refractivity contribution >= 4 is 66.4 Å². The van der Waals surface area contributed by atoms with E-state index < -0.39 is 0 Å². The van der Waals surface area contributed by atoms with E-state index in [9.17, 15) is 4.79 Å². The second-order valence-electron chi connectivity index (χ2n) is 7.02. The Morgan fingerprint density at radius 1 is 1.25 bits per heavy atom. The van der Waals surface area contributed by atoms with Gasteiger partial charge in [-0.2, -0.15) is 0 Å². The van der Waals surface area contributed by atoms with Crippen LogP contribution in [-0.4, -0.2) is 22.6 Å². The summed E-state index contributed by atoms with van der Waals surface area (Å²) in [5.74, 6) is 0.289. The maximum absolute atomic E-state index is 12.8. The average Bonchev–Trinajstić information content (AvgIpc) is 3.21. The van der Waals surface area contributed by atoms with Gasteiger partial charge in [0.2, 0.25) is 0 Å². The molecule has 9 heteroatoms. The molecule has 1 atom stereocenters. The summed E-state index contributed by atoms with van der Waals surface area (Å²) < 4.78 is 12.9. The Kier molecular flexibility index (Phi) is 7.34. The zero-order valence-corrected chi connectivity index (χ0v) is 22.0. The summed E-state index contributed by atoms with van der Waals surface area (Å²) in [6.07, 6.45) is 1.93. The average molecular weight is 599 g/mol. The fraction of sp³-hybridized carbons (Fsp3) is 0.217. The molecule has 0 aromatic heterocycles. The number of aliphatic imine (C=N–C) groups is 1. The number of thioether (sulfide) groups is 1. The Morgan fingerprint density at radius 2 is 1.97 bits per heavy atom. The third-order valence-corrected chi connectivity index (χ3v) is 7.30. The van der Waals surface area contributed by atoms with E-state index >= 15 is 0 Å². The predicted molar refractivity (Wildman–Crippen MR) is 136 cm³/mol. The third kappa shape index (κ3) is 4.64. The molecule has 4 rings (SSSR count). The van der Waals surface area contributed by atoms with Gasteiger partial charge in [0.15, 0.2) is 5.17 Å². The number of nitrogens with zero attached hydrogens (tertiary/aromatic N) is 2. The van der Waals surface area contributed by atoms with Gasteiger partial charge in [0, 0.05) is 16.8 Å². The largest absolute Gasteiger partial charge is 0.486 e. The van der Waals surface area contributed by atoms with Crippen LogP contribution in [0.2, 0.25) is 5.02 Å². The molecule has 0 aliphatic carbocycles. The van der Waals surface area contributed by atoms with Gasteiger partial charge in [-0.3, -0.25) is 0 Å². The molecule has 0 saturated heterocycles. The fourth-order valence-corrected chi connectivity index (χ4v) is 5.97. The Morgan fingerprint density at radius 3 is 2.66 bits per heavy atom. The summed E-state index contributed by atoms with van der Waals surface area (Å²) in [7, 11) is 0. The molecular weight excluding hydrogens is 580 g/mol. The van der Waals surface area contributed by atoms with E-state index in [-0.39, 0.29) is 12.0 Å². The van der Waals surface area contributed by atoms with E-state index in [1.54, 1.807) is 6.92 Å². The van der Waals surface area contributed by atoms with Crippen LogP contribution < -0.4 is 4.74 Å². The zero-order chi connectivity index (χ0) is 22.8. The van der Waals surface area contributed by atoms with E-state index in [1.165, 1.54) is 11.8 Å². The number of carbonyl (C=O) groups excluding carboxylic acids is 1. The molecule has 0 spiro atoms. The Hall–Kier alpha value is -1.74. The topological polar surface area (TPSA) is 51.1 Å². The number of hydrogen-bond acceptors (Lipinski definition) is 6. The van der Waals surface area contributed by atoms with Crippen LogP contribution in [0.5, 0.6) is 5.75 Å². The van der Waals surface area contributed by atoms with E-state index in [4.69, 9.17) is 21.1 Å². The van der Waals surface area contributed by atoms with Gasteiger partial charge in [-0.05, 0) is 74.9 Å². The highest BCUT2D eigenvalue weighted by Gasteiger charge is 2.38. The van der Waals surface area contributed by atoms with Crippen molar-refractivity contribution in [2.24, 2.45) is 4.99 Å². The van der Waals surface area contributed by atoms with Crippen LogP contribution in [0.15, 0.2) is 73.2 Å². The first-order valence-corrected chi connectivity index (χ1v) is 12.7. The maximum Gasteiger partial charge on any atom is 0.338 e. The Labute approximate surface area is 212 Å². The minimum atomic E-state index is -0.366. The second kappa shape index (κ2) is 10.0. The standard InChI is InChI=1S/C23H19Br2ClN2O3S/c1-3-30-22(29)19-13(2)27-23-28(8-9-32-23)20(19)15-10-16(24)21(17(25)11-15)31-12-14-6-4-5-7-18(14)26/h4-11,20H,3,12H2,1-2H3/t20-/m0/s1. The number of esters is 1. The molecule has 2 aromatic carbocycles. The minimum Gasteiger partial charge on any atom is -0.486 e. The normalized spacial score (nSPS) is 17.3. The molecule has 2 aliphatic heterocycles. The van der Waals surface area contributed by atoms with Gasteiger partial charge >= 0.3 is 5.97 Å². The second-order valence-corrected chi connectivity index (χ2v) is 10.0. The van der Waals surface area contributed by atoms with Gasteiger partial charge in [-0.15, -0.1) is 0 Å². The van der Waals surface area contributed by atoms with Crippen molar-refractivity contribution < 1.29 is 14.3 Å². The van der Waals surface area contributed by atoms with Crippen LogP contribution in [-0.2, 0) is 16.1 Å². The number of amidine groups is 1. The SMILES string of the molecule is CCOC(=O)C1=C(C)N=C2SC=CN2[C@H]1c1cc(Br)c(OCc2ccccc2Cl)c(Br)c1. The quantitative estimate of drug-likeness (QED) is 0.329. The molecule has 0 N–H and O–H groups in total. The molecule has 0 radical (unpaired) electrons. The number of hydrogen-bond donors (Lipinski definition) is 0. The zero-order valence-electron chi connectivity index (χ0n) is 17.3. The molecule has 0 fully saturated rings. The predicted octanol–water partition coefficient (Wildman–Crippen LogP) is 7.21. The lowest BCUT2D eigenvalue weighted by atomic mass is 9.95. The summed E-state index contributed by atoms with van der Waals surface area (Å²) in [6, 6.07) is 11.1. The van der Waals surface area contributed by atoms with Gasteiger partial charge in [0.05, 0.1) is 32.9 Å². The molecule has 5 nitrogen and oxygen atoms in total. The lowest BCUT2D eigenvalue weighted by Crippen LogP contribution is -2.34. The van der Waals surface area contributed by atoms with Gasteiger partial charge in [-0.25, -0.2) is 9.79 Å². The van der Waals surface area contributed by atoms with Gasteiger partial charge < -0.3 is 14.4 Å². The van der Waals surface area contributed by atoms with Crippen molar-refractivity contribution in [3.05, 3.63) is 84.4 Å². The Bertz CT molecular complexity index is 1140. The van der Waals surface area contributed by atoms with Crippen molar-refractivity contribution in [2.45, 2.75) is 26.5 Å². The van der Waals surface area contributed by atoms with E-state index in [2.05, 4.69) is 36.9 Å². The summed E-state index contributed by atoms with van der Waals surface area (Å²) in [5, 5.41) is 3.44. The molecule has 0 amide bonds. The molecule has 2 heterocycles. The molecule has 0 unspecified atom stereocenters. The lowest BCUT2D eigenvalue weighted by molar-refractivity contribution is -0.139. The number of benzene rings is 2. The lowest BCUT2D eigenvalue weighted by Gasteiger charge is -2.33. The number of rotatable bonds is 6. The van der Waals surface area contributed by atoms with Crippen LogP contribution in [0.25, 0.3) is 0 Å². The minimum absolute atomic E-state index is 0.297. The summed E-state index contributed by atoms with van der Waals surface area (Å²) >= 11 is 15.1. The van der Waals surface area contributed by atoms with Crippen LogP contribution in [0, 0.1) is 0 Å². The first-order valence-electron chi connectivity index (χ1n) is 9.84. The van der Waals surface area contributed by atoms with Crippen molar-refractivity contribution in [3.63, 3.8) is 0 Å². The van der Waals surface area contributed by atoms with Crippen LogP contribution in [0.1, 0.15) is 31.0 Å². The van der Waals surface area contributed by atoms with Crippen LogP contribution in [0.4, 0.5) is 0 Å².